The Morgan fingerprint density at radius 2 is 2.35 bits per heavy atom. The second kappa shape index (κ2) is 6.51. The SMILES string of the molecule is COC(C#N)c1cccc(OCCC(=O)O)c1. The number of benzene rings is 1. The molecule has 0 aromatic heterocycles. The van der Waals surface area contributed by atoms with E-state index < -0.39 is 12.1 Å². The fourth-order valence-electron chi connectivity index (χ4n) is 1.29. The average molecular weight is 235 g/mol. The van der Waals surface area contributed by atoms with Gasteiger partial charge in [0.15, 0.2) is 6.10 Å². The molecule has 0 radical (unpaired) electrons. The lowest BCUT2D eigenvalue weighted by atomic mass is 10.1. The van der Waals surface area contributed by atoms with E-state index in [1.807, 2.05) is 6.07 Å². The van der Waals surface area contributed by atoms with Gasteiger partial charge in [-0.1, -0.05) is 12.1 Å². The largest absolute Gasteiger partial charge is 0.493 e. The second-order valence-electron chi connectivity index (χ2n) is 3.31. The molecule has 0 amide bonds. The molecule has 0 aliphatic carbocycles. The number of hydrogen-bond donors (Lipinski definition) is 1. The molecule has 17 heavy (non-hydrogen) atoms. The minimum atomic E-state index is -0.909. The summed E-state index contributed by atoms with van der Waals surface area (Å²) in [5.74, 6) is -0.381. The van der Waals surface area contributed by atoms with E-state index in [1.54, 1.807) is 24.3 Å². The summed E-state index contributed by atoms with van der Waals surface area (Å²) in [5, 5.41) is 17.3. The molecule has 90 valence electrons. The molecular weight excluding hydrogens is 222 g/mol. The summed E-state index contributed by atoms with van der Waals surface area (Å²) in [7, 11) is 1.45. The topological polar surface area (TPSA) is 79.5 Å². The highest BCUT2D eigenvalue weighted by Crippen LogP contribution is 2.21. The van der Waals surface area contributed by atoms with Crippen molar-refractivity contribution < 1.29 is 19.4 Å². The van der Waals surface area contributed by atoms with Crippen LogP contribution in [0.5, 0.6) is 5.75 Å². The van der Waals surface area contributed by atoms with Crippen LogP contribution in [0.15, 0.2) is 24.3 Å². The van der Waals surface area contributed by atoms with Crippen LogP contribution in [-0.4, -0.2) is 24.8 Å². The van der Waals surface area contributed by atoms with Crippen molar-refractivity contribution >= 4 is 5.97 Å². The highest BCUT2D eigenvalue weighted by Gasteiger charge is 2.09. The van der Waals surface area contributed by atoms with Crippen LogP contribution in [0, 0.1) is 11.3 Å². The van der Waals surface area contributed by atoms with Gasteiger partial charge < -0.3 is 14.6 Å². The summed E-state index contributed by atoms with van der Waals surface area (Å²) < 4.78 is 10.2. The van der Waals surface area contributed by atoms with E-state index >= 15 is 0 Å². The van der Waals surface area contributed by atoms with Crippen LogP contribution >= 0.6 is 0 Å². The van der Waals surface area contributed by atoms with Crippen LogP contribution in [0.2, 0.25) is 0 Å². The smallest absolute Gasteiger partial charge is 0.306 e. The fraction of sp³-hybridized carbons (Fsp3) is 0.333. The molecule has 0 saturated carbocycles. The molecule has 0 fully saturated rings. The number of carboxylic acid groups (broad SMARTS) is 1. The highest BCUT2D eigenvalue weighted by atomic mass is 16.5. The van der Waals surface area contributed by atoms with Crippen molar-refractivity contribution in [2.45, 2.75) is 12.5 Å². The summed E-state index contributed by atoms with van der Waals surface area (Å²) in [5.41, 5.74) is 0.683. The molecule has 0 spiro atoms. The third-order valence-corrected chi connectivity index (χ3v) is 2.10. The molecule has 1 aromatic rings. The van der Waals surface area contributed by atoms with Gasteiger partial charge in [-0.15, -0.1) is 0 Å². The van der Waals surface area contributed by atoms with Gasteiger partial charge in [0.2, 0.25) is 0 Å². The Morgan fingerprint density at radius 3 is 2.94 bits per heavy atom. The van der Waals surface area contributed by atoms with Gasteiger partial charge in [0.1, 0.15) is 5.75 Å². The van der Waals surface area contributed by atoms with Crippen LogP contribution in [0.4, 0.5) is 0 Å². The number of nitriles is 1. The molecule has 0 aliphatic heterocycles. The quantitative estimate of drug-likeness (QED) is 0.812. The van der Waals surface area contributed by atoms with Gasteiger partial charge in [0.05, 0.1) is 19.1 Å². The Bertz CT molecular complexity index is 425. The monoisotopic (exact) mass is 235 g/mol. The number of rotatable bonds is 6. The third-order valence-electron chi connectivity index (χ3n) is 2.10. The number of nitrogens with zero attached hydrogens (tertiary/aromatic N) is 1. The van der Waals surface area contributed by atoms with Crippen molar-refractivity contribution in [3.63, 3.8) is 0 Å². The summed E-state index contributed by atoms with van der Waals surface area (Å²) in [6.07, 6.45) is -0.700. The Hall–Kier alpha value is -2.06. The molecule has 1 unspecified atom stereocenters. The van der Waals surface area contributed by atoms with Gasteiger partial charge in [-0.2, -0.15) is 5.26 Å². The third kappa shape index (κ3) is 4.13. The number of carboxylic acids is 1. The maximum Gasteiger partial charge on any atom is 0.306 e. The molecule has 0 saturated heterocycles. The number of hydrogen-bond acceptors (Lipinski definition) is 4. The maximum absolute atomic E-state index is 10.3. The minimum Gasteiger partial charge on any atom is -0.493 e. The molecule has 1 aromatic carbocycles. The zero-order chi connectivity index (χ0) is 12.7. The number of ether oxygens (including phenoxy) is 2. The summed E-state index contributed by atoms with van der Waals surface area (Å²) in [6.45, 7) is 0.100. The first kappa shape index (κ1) is 13.0. The summed E-state index contributed by atoms with van der Waals surface area (Å²) >= 11 is 0. The van der Waals surface area contributed by atoms with Crippen molar-refractivity contribution in [3.05, 3.63) is 29.8 Å². The average Bonchev–Trinajstić information content (AvgIpc) is 2.31. The van der Waals surface area contributed by atoms with E-state index in [9.17, 15) is 4.79 Å². The molecule has 5 nitrogen and oxygen atoms in total. The maximum atomic E-state index is 10.3. The number of carbonyl (C=O) groups is 1. The van der Waals surface area contributed by atoms with Gasteiger partial charge in [-0.3, -0.25) is 4.79 Å². The van der Waals surface area contributed by atoms with Gasteiger partial charge in [-0.05, 0) is 17.7 Å². The van der Waals surface area contributed by atoms with E-state index in [4.69, 9.17) is 19.8 Å². The fourth-order valence-corrected chi connectivity index (χ4v) is 1.29. The lowest BCUT2D eigenvalue weighted by Gasteiger charge is -2.09. The van der Waals surface area contributed by atoms with Crippen LogP contribution < -0.4 is 4.74 Å². The molecular formula is C12H13NO4. The molecule has 0 bridgehead atoms. The van der Waals surface area contributed by atoms with Crippen LogP contribution in [0.25, 0.3) is 0 Å². The van der Waals surface area contributed by atoms with E-state index in [1.165, 1.54) is 7.11 Å². The van der Waals surface area contributed by atoms with Crippen molar-refractivity contribution in [2.24, 2.45) is 0 Å². The normalized spacial score (nSPS) is 11.5. The van der Waals surface area contributed by atoms with Gasteiger partial charge in [-0.25, -0.2) is 0 Å². The van der Waals surface area contributed by atoms with Crippen LogP contribution in [0.3, 0.4) is 0 Å². The lowest BCUT2D eigenvalue weighted by molar-refractivity contribution is -0.137. The Labute approximate surface area is 99.2 Å². The van der Waals surface area contributed by atoms with E-state index in [0.29, 0.717) is 11.3 Å². The van der Waals surface area contributed by atoms with Gasteiger partial charge in [0, 0.05) is 7.11 Å². The summed E-state index contributed by atoms with van der Waals surface area (Å²) in [6, 6.07) is 8.85. The molecule has 1 N–H and O–H groups in total. The first-order valence-corrected chi connectivity index (χ1v) is 5.04. The Morgan fingerprint density at radius 1 is 1.59 bits per heavy atom. The van der Waals surface area contributed by atoms with Crippen molar-refractivity contribution in [2.75, 3.05) is 13.7 Å². The molecule has 5 heteroatoms. The van der Waals surface area contributed by atoms with Gasteiger partial charge in [0.25, 0.3) is 0 Å². The minimum absolute atomic E-state index is 0.0593. The van der Waals surface area contributed by atoms with E-state index in [2.05, 4.69) is 0 Å². The van der Waals surface area contributed by atoms with Gasteiger partial charge >= 0.3 is 5.97 Å². The molecule has 1 atom stereocenters. The molecule has 1 rings (SSSR count). The first-order chi connectivity index (χ1) is 8.17. The zero-order valence-electron chi connectivity index (χ0n) is 9.42. The van der Waals surface area contributed by atoms with E-state index in [-0.39, 0.29) is 13.0 Å². The Balaban J connectivity index is 2.66. The number of methoxy groups -OCH3 is 1. The first-order valence-electron chi connectivity index (χ1n) is 5.04. The summed E-state index contributed by atoms with van der Waals surface area (Å²) in [4.78, 5) is 10.3. The van der Waals surface area contributed by atoms with E-state index in [0.717, 1.165) is 0 Å². The van der Waals surface area contributed by atoms with Crippen molar-refractivity contribution in [1.82, 2.24) is 0 Å². The second-order valence-corrected chi connectivity index (χ2v) is 3.31. The highest BCUT2D eigenvalue weighted by molar-refractivity contribution is 5.66. The molecule has 0 heterocycles. The predicted molar refractivity (Wildman–Crippen MR) is 59.6 cm³/mol. The standard InChI is InChI=1S/C12H13NO4/c1-16-11(8-13)9-3-2-4-10(7-9)17-6-5-12(14)15/h2-4,7,11H,5-6H2,1H3,(H,14,15). The Kier molecular flexibility index (Phi) is 4.98. The van der Waals surface area contributed by atoms with Crippen LogP contribution in [-0.2, 0) is 9.53 Å². The van der Waals surface area contributed by atoms with Crippen molar-refractivity contribution in [1.29, 1.82) is 5.26 Å². The number of aliphatic carboxylic acids is 1. The zero-order valence-corrected chi connectivity index (χ0v) is 9.42. The lowest BCUT2D eigenvalue weighted by Crippen LogP contribution is -2.05. The van der Waals surface area contributed by atoms with Crippen LogP contribution in [0.1, 0.15) is 18.1 Å². The molecule has 0 aliphatic rings. The predicted octanol–water partition coefficient (Wildman–Crippen LogP) is 1.75. The van der Waals surface area contributed by atoms with Crippen molar-refractivity contribution in [3.8, 4) is 11.8 Å².